The number of carbonyl (C=O) groups is 2. The van der Waals surface area contributed by atoms with Gasteiger partial charge in [0.15, 0.2) is 0 Å². The van der Waals surface area contributed by atoms with E-state index in [9.17, 15) is 9.59 Å². The normalized spacial score (nSPS) is 15.7. The van der Waals surface area contributed by atoms with E-state index in [-0.39, 0.29) is 24.5 Å². The third kappa shape index (κ3) is 3.81. The van der Waals surface area contributed by atoms with Crippen molar-refractivity contribution in [2.75, 3.05) is 25.5 Å². The first-order valence-electron chi connectivity index (χ1n) is 9.92. The van der Waals surface area contributed by atoms with Gasteiger partial charge in [-0.1, -0.05) is 60.7 Å². The summed E-state index contributed by atoms with van der Waals surface area (Å²) in [6.45, 7) is 2.77. The van der Waals surface area contributed by atoms with Crippen molar-refractivity contribution >= 4 is 28.4 Å². The van der Waals surface area contributed by atoms with Crippen molar-refractivity contribution in [1.82, 2.24) is 9.80 Å². The second-order valence-corrected chi connectivity index (χ2v) is 7.52. The Kier molecular flexibility index (Phi) is 5.21. The van der Waals surface area contributed by atoms with Crippen LogP contribution in [-0.2, 0) is 11.2 Å². The Hall–Kier alpha value is -3.34. The molecule has 5 heteroatoms. The summed E-state index contributed by atoms with van der Waals surface area (Å²) in [5.74, 6) is -0.0393. The average Bonchev–Trinajstić information content (AvgIpc) is 2.74. The van der Waals surface area contributed by atoms with Gasteiger partial charge in [-0.25, -0.2) is 4.79 Å². The van der Waals surface area contributed by atoms with Crippen LogP contribution in [0.4, 0.5) is 10.5 Å². The zero-order chi connectivity index (χ0) is 20.4. The van der Waals surface area contributed by atoms with Gasteiger partial charge in [-0.05, 0) is 35.9 Å². The van der Waals surface area contributed by atoms with Gasteiger partial charge in [0.2, 0.25) is 5.91 Å². The lowest BCUT2D eigenvalue weighted by molar-refractivity contribution is -0.134. The van der Waals surface area contributed by atoms with Gasteiger partial charge in [-0.3, -0.25) is 4.79 Å². The first kappa shape index (κ1) is 19.0. The molecule has 3 aromatic carbocycles. The fourth-order valence-electron chi connectivity index (χ4n) is 4.02. The van der Waals surface area contributed by atoms with E-state index in [1.807, 2.05) is 66.4 Å². The molecule has 1 aliphatic rings. The number of nitrogens with one attached hydrogen (secondary N) is 1. The third-order valence-corrected chi connectivity index (χ3v) is 5.67. The Morgan fingerprint density at radius 1 is 1.03 bits per heavy atom. The van der Waals surface area contributed by atoms with Gasteiger partial charge in [0.1, 0.15) is 6.54 Å². The largest absolute Gasteiger partial charge is 0.334 e. The van der Waals surface area contributed by atoms with Crippen LogP contribution < -0.4 is 5.32 Å². The second kappa shape index (κ2) is 7.95. The molecule has 1 atom stereocenters. The molecule has 0 aliphatic carbocycles. The summed E-state index contributed by atoms with van der Waals surface area (Å²) < 4.78 is 0. The highest BCUT2D eigenvalue weighted by atomic mass is 16.2. The molecule has 1 aliphatic heterocycles. The molecule has 3 amide bonds. The highest BCUT2D eigenvalue weighted by molar-refractivity contribution is 6.02. The Morgan fingerprint density at radius 3 is 2.62 bits per heavy atom. The van der Waals surface area contributed by atoms with Crippen molar-refractivity contribution in [3.8, 4) is 0 Å². The molecule has 1 unspecified atom stereocenters. The molecule has 0 aromatic heterocycles. The molecule has 29 heavy (non-hydrogen) atoms. The van der Waals surface area contributed by atoms with Crippen LogP contribution in [0.15, 0.2) is 66.7 Å². The molecule has 1 heterocycles. The minimum Gasteiger partial charge on any atom is -0.334 e. The van der Waals surface area contributed by atoms with Crippen LogP contribution >= 0.6 is 0 Å². The quantitative estimate of drug-likeness (QED) is 0.722. The molecule has 0 bridgehead atoms. The van der Waals surface area contributed by atoms with Crippen molar-refractivity contribution in [2.45, 2.75) is 19.4 Å². The van der Waals surface area contributed by atoms with E-state index >= 15 is 0 Å². The van der Waals surface area contributed by atoms with Gasteiger partial charge in [-0.2, -0.15) is 0 Å². The summed E-state index contributed by atoms with van der Waals surface area (Å²) in [4.78, 5) is 28.9. The second-order valence-electron chi connectivity index (χ2n) is 7.52. The Morgan fingerprint density at radius 2 is 1.76 bits per heavy atom. The smallest absolute Gasteiger partial charge is 0.322 e. The summed E-state index contributed by atoms with van der Waals surface area (Å²) in [6, 6.07) is 21.7. The van der Waals surface area contributed by atoms with Crippen molar-refractivity contribution in [2.24, 2.45) is 0 Å². The van der Waals surface area contributed by atoms with Crippen LogP contribution in [0.25, 0.3) is 10.8 Å². The van der Waals surface area contributed by atoms with Crippen LogP contribution in [0.3, 0.4) is 0 Å². The topological polar surface area (TPSA) is 52.7 Å². The molecule has 0 saturated heterocycles. The fourth-order valence-corrected chi connectivity index (χ4v) is 4.02. The molecule has 3 aromatic rings. The maximum Gasteiger partial charge on any atom is 0.322 e. The lowest BCUT2D eigenvalue weighted by atomic mass is 9.93. The number of fused-ring (bicyclic) bond motifs is 2. The predicted octanol–water partition coefficient (Wildman–Crippen LogP) is 4.45. The minimum atomic E-state index is -0.292. The molecule has 0 saturated carbocycles. The van der Waals surface area contributed by atoms with E-state index in [1.165, 1.54) is 16.0 Å². The average molecular weight is 387 g/mol. The number of likely N-dealkylation sites (N-methyl/N-ethyl adjacent to an activating group) is 1. The molecule has 148 valence electrons. The number of amides is 3. The summed E-state index contributed by atoms with van der Waals surface area (Å²) in [6.07, 6.45) is 0.845. The van der Waals surface area contributed by atoms with Crippen molar-refractivity contribution in [1.29, 1.82) is 0 Å². The summed E-state index contributed by atoms with van der Waals surface area (Å²) in [7, 11) is 1.65. The van der Waals surface area contributed by atoms with Gasteiger partial charge < -0.3 is 15.1 Å². The summed E-state index contributed by atoms with van der Waals surface area (Å²) in [5.41, 5.74) is 3.23. The predicted molar refractivity (Wildman–Crippen MR) is 116 cm³/mol. The van der Waals surface area contributed by atoms with Gasteiger partial charge in [0.25, 0.3) is 0 Å². The molecule has 0 spiro atoms. The Balaban J connectivity index is 1.43. The maximum atomic E-state index is 12.9. The van der Waals surface area contributed by atoms with Crippen LogP contribution in [0.5, 0.6) is 0 Å². The van der Waals surface area contributed by atoms with Crippen LogP contribution in [-0.4, -0.2) is 41.9 Å². The van der Waals surface area contributed by atoms with Crippen molar-refractivity contribution < 1.29 is 9.59 Å². The molecule has 4 rings (SSSR count). The molecular weight excluding hydrogens is 362 g/mol. The Labute approximate surface area is 170 Å². The lowest BCUT2D eigenvalue weighted by Crippen LogP contribution is -2.45. The maximum absolute atomic E-state index is 12.9. The third-order valence-electron chi connectivity index (χ3n) is 5.67. The first-order chi connectivity index (χ1) is 14.0. The van der Waals surface area contributed by atoms with E-state index < -0.39 is 0 Å². The fraction of sp³-hybridized carbons (Fsp3) is 0.250. The number of hydrogen-bond donors (Lipinski definition) is 1. The van der Waals surface area contributed by atoms with E-state index in [1.54, 1.807) is 7.05 Å². The lowest BCUT2D eigenvalue weighted by Gasteiger charge is -2.36. The monoisotopic (exact) mass is 387 g/mol. The van der Waals surface area contributed by atoms with E-state index in [0.717, 1.165) is 22.9 Å². The molecule has 0 radical (unpaired) electrons. The highest BCUT2D eigenvalue weighted by Crippen LogP contribution is 2.29. The Bertz CT molecular complexity index is 1060. The molecule has 1 N–H and O–H groups in total. The van der Waals surface area contributed by atoms with Gasteiger partial charge in [0, 0.05) is 19.0 Å². The zero-order valence-electron chi connectivity index (χ0n) is 16.8. The van der Waals surface area contributed by atoms with Crippen LogP contribution in [0.1, 0.15) is 24.1 Å². The van der Waals surface area contributed by atoms with E-state index in [2.05, 4.69) is 17.4 Å². The zero-order valence-corrected chi connectivity index (χ0v) is 16.8. The summed E-state index contributed by atoms with van der Waals surface area (Å²) >= 11 is 0. The standard InChI is InChI=1S/C24H25N3O2/c1-17-20-11-5-3-9-19(20)14-15-27(17)23(28)16-26(2)24(29)25-22-13-7-10-18-8-4-6-12-21(18)22/h3-13,17H,14-16H2,1-2H3,(H,25,29). The minimum absolute atomic E-state index is 0.0157. The molecule has 0 fully saturated rings. The number of carbonyl (C=O) groups excluding carboxylic acids is 2. The van der Waals surface area contributed by atoms with Crippen molar-refractivity contribution in [3.05, 3.63) is 77.9 Å². The SMILES string of the molecule is CC1c2ccccc2CCN1C(=O)CN(C)C(=O)Nc1cccc2ccccc12. The number of urea groups is 1. The van der Waals surface area contributed by atoms with E-state index in [0.29, 0.717) is 6.54 Å². The van der Waals surface area contributed by atoms with E-state index in [4.69, 9.17) is 0 Å². The highest BCUT2D eigenvalue weighted by Gasteiger charge is 2.28. The number of rotatable bonds is 3. The molecule has 5 nitrogen and oxygen atoms in total. The summed E-state index contributed by atoms with van der Waals surface area (Å²) in [5, 5.41) is 4.97. The number of hydrogen-bond acceptors (Lipinski definition) is 2. The number of benzene rings is 3. The van der Waals surface area contributed by atoms with Crippen LogP contribution in [0, 0.1) is 0 Å². The molecular formula is C24H25N3O2. The van der Waals surface area contributed by atoms with Crippen LogP contribution in [0.2, 0.25) is 0 Å². The van der Waals surface area contributed by atoms with Gasteiger partial charge in [-0.15, -0.1) is 0 Å². The number of nitrogens with zero attached hydrogens (tertiary/aromatic N) is 2. The van der Waals surface area contributed by atoms with Gasteiger partial charge in [0.05, 0.1) is 11.7 Å². The van der Waals surface area contributed by atoms with Gasteiger partial charge >= 0.3 is 6.03 Å². The van der Waals surface area contributed by atoms with Crippen molar-refractivity contribution in [3.63, 3.8) is 0 Å². The number of anilines is 1. The first-order valence-corrected chi connectivity index (χ1v) is 9.92.